The lowest BCUT2D eigenvalue weighted by Gasteiger charge is -2.32. The van der Waals surface area contributed by atoms with Gasteiger partial charge in [-0.3, -0.25) is 4.79 Å². The van der Waals surface area contributed by atoms with E-state index in [1.807, 2.05) is 51.1 Å². The molecule has 0 radical (unpaired) electrons. The summed E-state index contributed by atoms with van der Waals surface area (Å²) in [6.45, 7) is 10.5. The van der Waals surface area contributed by atoms with Crippen LogP contribution < -0.4 is 14.8 Å². The number of hydrogen-bond acceptors (Lipinski definition) is 4. The van der Waals surface area contributed by atoms with Crippen LogP contribution in [0.25, 0.3) is 0 Å². The Bertz CT molecular complexity index is 964. The van der Waals surface area contributed by atoms with Crippen LogP contribution in [0.2, 0.25) is 0 Å². The highest BCUT2D eigenvalue weighted by molar-refractivity contribution is 9.10. The third kappa shape index (κ3) is 6.23. The standard InChI is InChI=1S/C25H31BrN2O3S/c1-5-30-22-14-19(25(32)28-10-8-16(2)9-11-28)6-7-21(22)31-15-23(29)27-24-17(3)12-20(26)13-18(24)4/h6-7,12-14,16H,5,8-11,15H2,1-4H3,(H,27,29). The number of carbonyl (C=O) groups is 1. The van der Waals surface area contributed by atoms with Crippen molar-refractivity contribution in [2.75, 3.05) is 31.6 Å². The zero-order valence-corrected chi connectivity index (χ0v) is 21.6. The maximum Gasteiger partial charge on any atom is 0.262 e. The van der Waals surface area contributed by atoms with Crippen LogP contribution in [0.3, 0.4) is 0 Å². The Morgan fingerprint density at radius 1 is 1.12 bits per heavy atom. The quantitative estimate of drug-likeness (QED) is 0.463. The average Bonchev–Trinajstić information content (AvgIpc) is 2.75. The molecule has 2 aromatic rings. The number of piperidine rings is 1. The molecule has 172 valence electrons. The molecule has 0 spiro atoms. The number of hydrogen-bond donors (Lipinski definition) is 1. The molecular weight excluding hydrogens is 488 g/mol. The van der Waals surface area contributed by atoms with Gasteiger partial charge in [0.2, 0.25) is 0 Å². The van der Waals surface area contributed by atoms with E-state index < -0.39 is 0 Å². The lowest BCUT2D eigenvalue weighted by molar-refractivity contribution is -0.118. The number of aryl methyl sites for hydroxylation is 2. The van der Waals surface area contributed by atoms with Gasteiger partial charge in [0.25, 0.3) is 5.91 Å². The molecule has 2 aromatic carbocycles. The number of carbonyl (C=O) groups excluding carboxylic acids is 1. The number of ether oxygens (including phenoxy) is 2. The van der Waals surface area contributed by atoms with Gasteiger partial charge in [-0.1, -0.05) is 35.1 Å². The minimum Gasteiger partial charge on any atom is -0.490 e. The van der Waals surface area contributed by atoms with Crippen molar-refractivity contribution >= 4 is 44.7 Å². The second-order valence-electron chi connectivity index (χ2n) is 8.32. The summed E-state index contributed by atoms with van der Waals surface area (Å²) in [5.41, 5.74) is 3.73. The van der Waals surface area contributed by atoms with Crippen LogP contribution in [-0.4, -0.2) is 42.1 Å². The Labute approximate surface area is 204 Å². The molecule has 1 amide bonds. The van der Waals surface area contributed by atoms with Crippen molar-refractivity contribution in [2.24, 2.45) is 5.92 Å². The van der Waals surface area contributed by atoms with E-state index >= 15 is 0 Å². The van der Waals surface area contributed by atoms with E-state index in [0.717, 1.165) is 63.7 Å². The number of amides is 1. The smallest absolute Gasteiger partial charge is 0.262 e. The van der Waals surface area contributed by atoms with Gasteiger partial charge in [0.1, 0.15) is 4.99 Å². The third-order valence-corrected chi connectivity index (χ3v) is 6.63. The second kappa shape index (κ2) is 11.1. The van der Waals surface area contributed by atoms with Crippen molar-refractivity contribution in [3.8, 4) is 11.5 Å². The van der Waals surface area contributed by atoms with Crippen LogP contribution in [0.15, 0.2) is 34.8 Å². The van der Waals surface area contributed by atoms with Crippen LogP contribution in [0.5, 0.6) is 11.5 Å². The van der Waals surface area contributed by atoms with E-state index in [2.05, 4.69) is 33.1 Å². The van der Waals surface area contributed by atoms with Gasteiger partial charge >= 0.3 is 0 Å². The molecule has 1 aliphatic rings. The van der Waals surface area contributed by atoms with Gasteiger partial charge in [0, 0.05) is 28.8 Å². The van der Waals surface area contributed by atoms with Gasteiger partial charge in [0.15, 0.2) is 18.1 Å². The molecule has 0 aromatic heterocycles. The topological polar surface area (TPSA) is 50.8 Å². The Morgan fingerprint density at radius 3 is 2.41 bits per heavy atom. The summed E-state index contributed by atoms with van der Waals surface area (Å²) in [5.74, 6) is 1.66. The van der Waals surface area contributed by atoms with Crippen molar-refractivity contribution in [1.29, 1.82) is 0 Å². The highest BCUT2D eigenvalue weighted by Crippen LogP contribution is 2.30. The number of halogens is 1. The summed E-state index contributed by atoms with van der Waals surface area (Å²) >= 11 is 9.22. The van der Waals surface area contributed by atoms with E-state index in [9.17, 15) is 4.79 Å². The Hall–Kier alpha value is -2.12. The molecule has 5 nitrogen and oxygen atoms in total. The van der Waals surface area contributed by atoms with Crippen molar-refractivity contribution in [3.05, 3.63) is 51.5 Å². The molecule has 32 heavy (non-hydrogen) atoms. The number of nitrogens with zero attached hydrogens (tertiary/aromatic N) is 1. The SMILES string of the molecule is CCOc1cc(C(=S)N2CCC(C)CC2)ccc1OCC(=O)Nc1c(C)cc(Br)cc1C. The zero-order valence-electron chi connectivity index (χ0n) is 19.2. The van der Waals surface area contributed by atoms with Gasteiger partial charge in [-0.05, 0) is 81.0 Å². The third-order valence-electron chi connectivity index (χ3n) is 5.68. The molecule has 0 saturated carbocycles. The van der Waals surface area contributed by atoms with Gasteiger partial charge < -0.3 is 19.7 Å². The van der Waals surface area contributed by atoms with Gasteiger partial charge in [-0.2, -0.15) is 0 Å². The fourth-order valence-corrected chi connectivity index (χ4v) is 4.85. The van der Waals surface area contributed by atoms with Gasteiger partial charge in [-0.25, -0.2) is 0 Å². The summed E-state index contributed by atoms with van der Waals surface area (Å²) in [5, 5.41) is 2.95. The van der Waals surface area contributed by atoms with Crippen molar-refractivity contribution in [3.63, 3.8) is 0 Å². The first-order chi connectivity index (χ1) is 15.3. The molecular formula is C25H31BrN2O3S. The van der Waals surface area contributed by atoms with E-state index in [4.69, 9.17) is 21.7 Å². The predicted molar refractivity (Wildman–Crippen MR) is 137 cm³/mol. The first-order valence-electron chi connectivity index (χ1n) is 11.0. The van der Waals surface area contributed by atoms with Crippen molar-refractivity contribution in [1.82, 2.24) is 4.90 Å². The number of likely N-dealkylation sites (tertiary alicyclic amines) is 1. The molecule has 1 N–H and O–H groups in total. The maximum atomic E-state index is 12.5. The number of benzene rings is 2. The second-order valence-corrected chi connectivity index (χ2v) is 9.62. The van der Waals surface area contributed by atoms with E-state index in [0.29, 0.717) is 18.1 Å². The Balaban J connectivity index is 1.67. The van der Waals surface area contributed by atoms with Crippen molar-refractivity contribution in [2.45, 2.75) is 40.5 Å². The summed E-state index contributed by atoms with van der Waals surface area (Å²) in [6.07, 6.45) is 2.32. The fraction of sp³-hybridized carbons (Fsp3) is 0.440. The van der Waals surface area contributed by atoms with Crippen LogP contribution in [0, 0.1) is 19.8 Å². The van der Waals surface area contributed by atoms with Crippen LogP contribution in [0.1, 0.15) is 43.4 Å². The number of nitrogens with one attached hydrogen (secondary N) is 1. The number of thiocarbonyl (C=S) groups is 1. The molecule has 0 atom stereocenters. The summed E-state index contributed by atoms with van der Waals surface area (Å²) in [7, 11) is 0. The summed E-state index contributed by atoms with van der Waals surface area (Å²) in [6, 6.07) is 9.64. The van der Waals surface area contributed by atoms with Crippen LogP contribution >= 0.6 is 28.1 Å². The van der Waals surface area contributed by atoms with Crippen LogP contribution in [-0.2, 0) is 4.79 Å². The Kier molecular flexibility index (Phi) is 8.54. The maximum absolute atomic E-state index is 12.5. The van der Waals surface area contributed by atoms with Gasteiger partial charge in [-0.15, -0.1) is 0 Å². The highest BCUT2D eigenvalue weighted by atomic mass is 79.9. The molecule has 0 aliphatic carbocycles. The van der Waals surface area contributed by atoms with E-state index in [1.54, 1.807) is 0 Å². The molecule has 1 heterocycles. The lowest BCUT2D eigenvalue weighted by atomic mass is 9.99. The van der Waals surface area contributed by atoms with E-state index in [-0.39, 0.29) is 12.5 Å². The largest absolute Gasteiger partial charge is 0.490 e. The molecule has 1 fully saturated rings. The molecule has 7 heteroatoms. The fourth-order valence-electron chi connectivity index (χ4n) is 3.85. The molecule has 1 saturated heterocycles. The minimum absolute atomic E-state index is 0.108. The average molecular weight is 520 g/mol. The number of rotatable bonds is 7. The predicted octanol–water partition coefficient (Wildman–Crippen LogP) is 5.89. The lowest BCUT2D eigenvalue weighted by Crippen LogP contribution is -2.37. The molecule has 3 rings (SSSR count). The summed E-state index contributed by atoms with van der Waals surface area (Å²) < 4.78 is 12.6. The number of anilines is 1. The molecule has 0 bridgehead atoms. The zero-order chi connectivity index (χ0) is 23.3. The summed E-state index contributed by atoms with van der Waals surface area (Å²) in [4.78, 5) is 15.6. The Morgan fingerprint density at radius 2 is 1.78 bits per heavy atom. The van der Waals surface area contributed by atoms with E-state index in [1.165, 1.54) is 0 Å². The van der Waals surface area contributed by atoms with Crippen LogP contribution in [0.4, 0.5) is 5.69 Å². The first-order valence-corrected chi connectivity index (χ1v) is 12.2. The first kappa shape index (κ1) is 24.5. The normalized spacial score (nSPS) is 14.2. The minimum atomic E-state index is -0.219. The monoisotopic (exact) mass is 518 g/mol. The molecule has 0 unspecified atom stereocenters. The van der Waals surface area contributed by atoms with Gasteiger partial charge in [0.05, 0.1) is 6.61 Å². The molecule has 1 aliphatic heterocycles. The van der Waals surface area contributed by atoms with Crippen molar-refractivity contribution < 1.29 is 14.3 Å². The highest BCUT2D eigenvalue weighted by Gasteiger charge is 2.20.